The van der Waals surface area contributed by atoms with Crippen molar-refractivity contribution in [2.24, 2.45) is 0 Å². The molecule has 130 valence electrons. The van der Waals surface area contributed by atoms with Crippen molar-refractivity contribution in [2.75, 3.05) is 18.0 Å². The molecule has 0 fully saturated rings. The van der Waals surface area contributed by atoms with E-state index >= 15 is 0 Å². The number of fused-ring (bicyclic) bond motifs is 3. The lowest BCUT2D eigenvalue weighted by Crippen LogP contribution is -2.29. The third-order valence-electron chi connectivity index (χ3n) is 4.92. The number of aromatic amines is 1. The Morgan fingerprint density at radius 2 is 1.73 bits per heavy atom. The molecule has 26 heavy (non-hydrogen) atoms. The lowest BCUT2D eigenvalue weighted by Gasteiger charge is -2.27. The Morgan fingerprint density at radius 1 is 0.923 bits per heavy atom. The first-order chi connectivity index (χ1) is 12.4. The molecule has 1 N–H and O–H groups in total. The third kappa shape index (κ3) is 2.72. The fourth-order valence-corrected chi connectivity index (χ4v) is 3.64. The Balaban J connectivity index is 0.00000168. The van der Waals surface area contributed by atoms with E-state index in [4.69, 9.17) is 0 Å². The molecule has 4 aromatic rings. The van der Waals surface area contributed by atoms with Crippen LogP contribution in [0.3, 0.4) is 0 Å². The Kier molecular flexibility index (Phi) is 4.35. The highest BCUT2D eigenvalue weighted by Gasteiger charge is 2.18. The third-order valence-corrected chi connectivity index (χ3v) is 4.92. The zero-order valence-corrected chi connectivity index (χ0v) is 15.0. The molecule has 2 aromatic carbocycles. The van der Waals surface area contributed by atoms with Crippen LogP contribution in [0.4, 0.5) is 5.82 Å². The Morgan fingerprint density at radius 3 is 2.54 bits per heavy atom. The van der Waals surface area contributed by atoms with Crippen LogP contribution in [0.5, 0.6) is 0 Å². The van der Waals surface area contributed by atoms with E-state index in [1.807, 2.05) is 12.1 Å². The molecule has 1 aliphatic rings. The molecule has 0 aliphatic carbocycles. The van der Waals surface area contributed by atoms with Gasteiger partial charge in [-0.25, -0.2) is 9.97 Å². The quantitative estimate of drug-likeness (QED) is 0.555. The summed E-state index contributed by atoms with van der Waals surface area (Å²) >= 11 is 0. The SMILES string of the molecule is C1=C(c2ccccc2)CCN(c2ncnc3c2[nH]c2ccccc23)C1.Cl. The molecule has 5 rings (SSSR count). The van der Waals surface area contributed by atoms with E-state index in [0.29, 0.717) is 0 Å². The van der Waals surface area contributed by atoms with Crippen molar-refractivity contribution in [3.05, 3.63) is 72.6 Å². The van der Waals surface area contributed by atoms with Gasteiger partial charge in [0.15, 0.2) is 5.82 Å². The minimum Gasteiger partial charge on any atom is -0.351 e. The lowest BCUT2D eigenvalue weighted by atomic mass is 9.99. The molecule has 0 spiro atoms. The van der Waals surface area contributed by atoms with E-state index < -0.39 is 0 Å². The minimum absolute atomic E-state index is 0. The summed E-state index contributed by atoms with van der Waals surface area (Å²) in [6.45, 7) is 1.83. The Labute approximate surface area is 158 Å². The van der Waals surface area contributed by atoms with E-state index in [-0.39, 0.29) is 12.4 Å². The maximum atomic E-state index is 4.58. The van der Waals surface area contributed by atoms with E-state index in [2.05, 4.69) is 68.4 Å². The van der Waals surface area contributed by atoms with Gasteiger partial charge in [-0.05, 0) is 23.6 Å². The lowest BCUT2D eigenvalue weighted by molar-refractivity contribution is 0.818. The van der Waals surface area contributed by atoms with Crippen molar-refractivity contribution in [1.29, 1.82) is 0 Å². The first kappa shape index (κ1) is 16.6. The Bertz CT molecular complexity index is 1090. The van der Waals surface area contributed by atoms with Crippen molar-refractivity contribution >= 4 is 45.7 Å². The molecule has 3 heterocycles. The summed E-state index contributed by atoms with van der Waals surface area (Å²) in [6.07, 6.45) is 5.01. The second kappa shape index (κ2) is 6.81. The number of nitrogens with zero attached hydrogens (tertiary/aromatic N) is 3. The van der Waals surface area contributed by atoms with Gasteiger partial charge in [-0.1, -0.05) is 54.6 Å². The second-order valence-corrected chi connectivity index (χ2v) is 6.38. The highest BCUT2D eigenvalue weighted by Crippen LogP contribution is 2.31. The number of H-pyrrole nitrogens is 1. The van der Waals surface area contributed by atoms with Gasteiger partial charge in [-0.15, -0.1) is 12.4 Å². The first-order valence-electron chi connectivity index (χ1n) is 8.61. The number of halogens is 1. The number of para-hydroxylation sites is 1. The van der Waals surface area contributed by atoms with E-state index in [9.17, 15) is 0 Å². The number of hydrogen-bond donors (Lipinski definition) is 1. The van der Waals surface area contributed by atoms with E-state index in [1.54, 1.807) is 6.33 Å². The smallest absolute Gasteiger partial charge is 0.156 e. The molecule has 0 radical (unpaired) electrons. The minimum atomic E-state index is 0. The van der Waals surface area contributed by atoms with Crippen molar-refractivity contribution < 1.29 is 0 Å². The second-order valence-electron chi connectivity index (χ2n) is 6.38. The molecule has 4 nitrogen and oxygen atoms in total. The number of benzene rings is 2. The number of anilines is 1. The molecular weight excluding hydrogens is 344 g/mol. The number of aromatic nitrogens is 3. The van der Waals surface area contributed by atoms with Gasteiger partial charge >= 0.3 is 0 Å². The van der Waals surface area contributed by atoms with Gasteiger partial charge in [0.05, 0.1) is 0 Å². The summed E-state index contributed by atoms with van der Waals surface area (Å²) in [7, 11) is 0. The largest absolute Gasteiger partial charge is 0.351 e. The predicted molar refractivity (Wildman–Crippen MR) is 110 cm³/mol. The van der Waals surface area contributed by atoms with Crippen LogP contribution in [0.2, 0.25) is 0 Å². The van der Waals surface area contributed by atoms with E-state index in [1.165, 1.54) is 11.1 Å². The molecule has 0 saturated carbocycles. The molecule has 0 atom stereocenters. The molecule has 0 saturated heterocycles. The summed E-state index contributed by atoms with van der Waals surface area (Å²) < 4.78 is 0. The fraction of sp³-hybridized carbons (Fsp3) is 0.143. The molecule has 5 heteroatoms. The summed E-state index contributed by atoms with van der Waals surface area (Å²) in [5.74, 6) is 0.990. The van der Waals surface area contributed by atoms with Gasteiger partial charge in [-0.3, -0.25) is 0 Å². The summed E-state index contributed by atoms with van der Waals surface area (Å²) in [5.41, 5.74) is 5.87. The number of rotatable bonds is 2. The number of nitrogens with one attached hydrogen (secondary N) is 1. The zero-order valence-electron chi connectivity index (χ0n) is 14.2. The van der Waals surface area contributed by atoms with Crippen LogP contribution in [0.15, 0.2) is 67.0 Å². The van der Waals surface area contributed by atoms with Crippen LogP contribution < -0.4 is 4.90 Å². The summed E-state index contributed by atoms with van der Waals surface area (Å²) in [4.78, 5) is 14.9. The van der Waals surface area contributed by atoms with Crippen LogP contribution in [0.25, 0.3) is 27.5 Å². The van der Waals surface area contributed by atoms with Crippen LogP contribution in [0, 0.1) is 0 Å². The van der Waals surface area contributed by atoms with Crippen molar-refractivity contribution in [3.8, 4) is 0 Å². The molecule has 2 aromatic heterocycles. The van der Waals surface area contributed by atoms with E-state index in [0.717, 1.165) is 47.3 Å². The predicted octanol–water partition coefficient (Wildman–Crippen LogP) is 4.83. The van der Waals surface area contributed by atoms with Gasteiger partial charge in [0.25, 0.3) is 0 Å². The van der Waals surface area contributed by atoms with Crippen LogP contribution in [-0.4, -0.2) is 28.0 Å². The van der Waals surface area contributed by atoms with Crippen LogP contribution >= 0.6 is 12.4 Å². The van der Waals surface area contributed by atoms with Gasteiger partial charge < -0.3 is 9.88 Å². The highest BCUT2D eigenvalue weighted by molar-refractivity contribution is 6.08. The molecule has 0 amide bonds. The topological polar surface area (TPSA) is 44.8 Å². The highest BCUT2D eigenvalue weighted by atomic mass is 35.5. The van der Waals surface area contributed by atoms with Gasteiger partial charge in [0, 0.05) is 24.0 Å². The molecule has 1 aliphatic heterocycles. The molecule has 0 bridgehead atoms. The maximum Gasteiger partial charge on any atom is 0.156 e. The molecule has 0 unspecified atom stereocenters. The van der Waals surface area contributed by atoms with Gasteiger partial charge in [0.1, 0.15) is 17.4 Å². The molecular formula is C21H19ClN4. The monoisotopic (exact) mass is 362 g/mol. The van der Waals surface area contributed by atoms with Crippen molar-refractivity contribution in [1.82, 2.24) is 15.0 Å². The zero-order chi connectivity index (χ0) is 16.6. The van der Waals surface area contributed by atoms with Crippen molar-refractivity contribution in [2.45, 2.75) is 6.42 Å². The number of hydrogen-bond acceptors (Lipinski definition) is 3. The summed E-state index contributed by atoms with van der Waals surface area (Å²) in [5, 5.41) is 1.15. The van der Waals surface area contributed by atoms with Crippen LogP contribution in [-0.2, 0) is 0 Å². The normalized spacial score (nSPS) is 14.3. The fourth-order valence-electron chi connectivity index (χ4n) is 3.64. The van der Waals surface area contributed by atoms with Crippen LogP contribution in [0.1, 0.15) is 12.0 Å². The maximum absolute atomic E-state index is 4.58. The van der Waals surface area contributed by atoms with Crippen molar-refractivity contribution in [3.63, 3.8) is 0 Å². The average Bonchev–Trinajstić information content (AvgIpc) is 3.08. The standard InChI is InChI=1S/C21H18N4.ClH/c1-2-6-15(7-3-1)16-10-12-25(13-11-16)21-20-19(22-14-23-21)17-8-4-5-9-18(17)24-20;/h1-10,14,24H,11-13H2;1H. The first-order valence-corrected chi connectivity index (χ1v) is 8.61. The van der Waals surface area contributed by atoms with Gasteiger partial charge in [-0.2, -0.15) is 0 Å². The summed E-state index contributed by atoms with van der Waals surface area (Å²) in [6, 6.07) is 18.9. The average molecular weight is 363 g/mol. The van der Waals surface area contributed by atoms with Gasteiger partial charge in [0.2, 0.25) is 0 Å². The Hall–Kier alpha value is -2.85.